The maximum atomic E-state index is 13.3. The normalized spacial score (nSPS) is 11.5. The molecule has 0 N–H and O–H groups in total. The minimum Gasteiger partial charge on any atom is -0.481 e. The number of rotatable bonds is 9. The predicted octanol–water partition coefficient (Wildman–Crippen LogP) is 7.68. The number of hydrogen-bond acceptors (Lipinski definition) is 6. The first-order valence-corrected chi connectivity index (χ1v) is 13.9. The first kappa shape index (κ1) is 27.5. The van der Waals surface area contributed by atoms with Gasteiger partial charge in [0.05, 0.1) is 27.1 Å². The summed E-state index contributed by atoms with van der Waals surface area (Å²) < 4.78 is 7.89. The molecule has 0 aliphatic heterocycles. The first-order valence-electron chi connectivity index (χ1n) is 12.7. The quantitative estimate of drug-likeness (QED) is 0.0957. The van der Waals surface area contributed by atoms with E-state index in [9.17, 15) is 14.9 Å². The van der Waals surface area contributed by atoms with Crippen LogP contribution in [0, 0.1) is 10.1 Å². The van der Waals surface area contributed by atoms with E-state index < -0.39 is 4.92 Å². The summed E-state index contributed by atoms with van der Waals surface area (Å²) in [7, 11) is 0. The molecule has 0 saturated heterocycles. The number of aromatic nitrogens is 2. The molecule has 1 aromatic heterocycles. The van der Waals surface area contributed by atoms with Gasteiger partial charge in [-0.3, -0.25) is 14.9 Å². The minimum absolute atomic E-state index is 0.0326. The third-order valence-electron chi connectivity index (χ3n) is 6.45. The van der Waals surface area contributed by atoms with Crippen molar-refractivity contribution in [1.29, 1.82) is 0 Å². The molecule has 0 aliphatic rings. The fourth-order valence-electron chi connectivity index (χ4n) is 4.46. The van der Waals surface area contributed by atoms with Crippen molar-refractivity contribution in [2.75, 3.05) is 0 Å². The molecule has 0 amide bonds. The maximum Gasteiger partial charge on any atom is 0.313 e. The summed E-state index contributed by atoms with van der Waals surface area (Å²) in [5, 5.41) is 18.9. The van der Waals surface area contributed by atoms with Gasteiger partial charge in [-0.15, -0.1) is 0 Å². The number of nitro benzene ring substituents is 1. The number of aryl methyl sites for hydroxylation is 1. The van der Waals surface area contributed by atoms with Crippen LogP contribution in [-0.4, -0.2) is 20.8 Å². The molecule has 5 rings (SSSR count). The third-order valence-corrected chi connectivity index (χ3v) is 7.22. The van der Waals surface area contributed by atoms with Gasteiger partial charge in [0.1, 0.15) is 12.4 Å². The van der Waals surface area contributed by atoms with E-state index in [2.05, 4.69) is 32.9 Å². The summed E-state index contributed by atoms with van der Waals surface area (Å²) in [5.41, 5.74) is 1.18. The Morgan fingerprint density at radius 2 is 1.90 bits per heavy atom. The number of fused-ring (bicyclic) bond motifs is 2. The molecule has 40 heavy (non-hydrogen) atoms. The standard InChI is InChI=1S/C30H24BrClN4O4/c1-2-3-11-28-34-26-13-12-22(31)16-24(26)30(37)35(28)33-17-19-14-25(32)29(27(15-19)36(38)39)40-18-21-9-6-8-20-7-4-5-10-23(20)21/h4-10,12-17H,2-3,11,18H2,1H3. The number of benzene rings is 4. The Labute approximate surface area is 243 Å². The Kier molecular flexibility index (Phi) is 8.23. The number of nitrogens with zero attached hydrogens (tertiary/aromatic N) is 4. The molecule has 0 aliphatic carbocycles. The second-order valence-electron chi connectivity index (χ2n) is 9.19. The van der Waals surface area contributed by atoms with Crippen molar-refractivity contribution in [2.45, 2.75) is 32.8 Å². The van der Waals surface area contributed by atoms with Crippen molar-refractivity contribution in [2.24, 2.45) is 5.10 Å². The number of ether oxygens (including phenoxy) is 1. The number of halogens is 2. The Bertz CT molecular complexity index is 1830. The van der Waals surface area contributed by atoms with Crippen LogP contribution >= 0.6 is 27.5 Å². The van der Waals surface area contributed by atoms with Gasteiger partial charge >= 0.3 is 5.69 Å². The molecular weight excluding hydrogens is 596 g/mol. The molecule has 8 nitrogen and oxygen atoms in total. The van der Waals surface area contributed by atoms with Gasteiger partial charge in [-0.1, -0.05) is 83.3 Å². The molecule has 0 bridgehead atoms. The van der Waals surface area contributed by atoms with Crippen molar-refractivity contribution in [1.82, 2.24) is 9.66 Å². The molecule has 0 fully saturated rings. The Balaban J connectivity index is 1.50. The van der Waals surface area contributed by atoms with E-state index in [0.29, 0.717) is 28.7 Å². The summed E-state index contributed by atoms with van der Waals surface area (Å²) in [5.74, 6) is 0.475. The zero-order chi connectivity index (χ0) is 28.2. The van der Waals surface area contributed by atoms with E-state index in [-0.39, 0.29) is 28.6 Å². The molecule has 202 valence electrons. The van der Waals surface area contributed by atoms with Crippen LogP contribution in [0.15, 0.2) is 87.2 Å². The fourth-order valence-corrected chi connectivity index (χ4v) is 5.09. The summed E-state index contributed by atoms with van der Waals surface area (Å²) >= 11 is 9.89. The van der Waals surface area contributed by atoms with Crippen LogP contribution in [0.2, 0.25) is 5.02 Å². The Morgan fingerprint density at radius 1 is 1.10 bits per heavy atom. The highest BCUT2D eigenvalue weighted by atomic mass is 79.9. The fraction of sp³-hybridized carbons (Fsp3) is 0.167. The summed E-state index contributed by atoms with van der Waals surface area (Å²) in [6, 6.07) is 21.8. The van der Waals surface area contributed by atoms with Crippen molar-refractivity contribution in [3.63, 3.8) is 0 Å². The highest BCUT2D eigenvalue weighted by Gasteiger charge is 2.21. The first-order chi connectivity index (χ1) is 19.4. The Hall–Kier alpha value is -4.08. The second-order valence-corrected chi connectivity index (χ2v) is 10.5. The molecular formula is C30H24BrClN4O4. The molecule has 1 heterocycles. The van der Waals surface area contributed by atoms with Crippen LogP contribution in [0.1, 0.15) is 36.7 Å². The van der Waals surface area contributed by atoms with Gasteiger partial charge in [0.2, 0.25) is 5.75 Å². The zero-order valence-electron chi connectivity index (χ0n) is 21.5. The second kappa shape index (κ2) is 12.0. The molecule has 0 atom stereocenters. The lowest BCUT2D eigenvalue weighted by atomic mass is 10.1. The van der Waals surface area contributed by atoms with Gasteiger partial charge < -0.3 is 4.74 Å². The van der Waals surface area contributed by atoms with Crippen LogP contribution in [0.3, 0.4) is 0 Å². The van der Waals surface area contributed by atoms with Crippen LogP contribution in [0.25, 0.3) is 21.7 Å². The predicted molar refractivity (Wildman–Crippen MR) is 162 cm³/mol. The summed E-state index contributed by atoms with van der Waals surface area (Å²) in [4.78, 5) is 29.4. The van der Waals surface area contributed by atoms with Gasteiger partial charge in [-0.05, 0) is 47.0 Å². The molecule has 4 aromatic carbocycles. The van der Waals surface area contributed by atoms with E-state index in [1.54, 1.807) is 12.1 Å². The number of hydrogen-bond donors (Lipinski definition) is 0. The maximum absolute atomic E-state index is 13.3. The van der Waals surface area contributed by atoms with E-state index in [1.807, 2.05) is 48.5 Å². The van der Waals surface area contributed by atoms with Crippen LogP contribution in [0.5, 0.6) is 5.75 Å². The van der Waals surface area contributed by atoms with Crippen LogP contribution < -0.4 is 10.3 Å². The van der Waals surface area contributed by atoms with Crippen molar-refractivity contribution >= 4 is 61.1 Å². The molecule has 0 spiro atoms. The lowest BCUT2D eigenvalue weighted by Gasteiger charge is -2.12. The molecule has 10 heteroatoms. The zero-order valence-corrected chi connectivity index (χ0v) is 23.9. The van der Waals surface area contributed by atoms with Crippen molar-refractivity contribution in [3.8, 4) is 5.75 Å². The topological polar surface area (TPSA) is 99.6 Å². The summed E-state index contributed by atoms with van der Waals surface area (Å²) in [6.07, 6.45) is 3.66. The monoisotopic (exact) mass is 618 g/mol. The van der Waals surface area contributed by atoms with Gasteiger partial charge in [-0.2, -0.15) is 9.78 Å². The number of nitro groups is 1. The lowest BCUT2D eigenvalue weighted by molar-refractivity contribution is -0.385. The lowest BCUT2D eigenvalue weighted by Crippen LogP contribution is -2.22. The molecule has 5 aromatic rings. The minimum atomic E-state index is -0.546. The van der Waals surface area contributed by atoms with Gasteiger partial charge in [-0.25, -0.2) is 4.98 Å². The van der Waals surface area contributed by atoms with E-state index in [0.717, 1.165) is 33.7 Å². The smallest absolute Gasteiger partial charge is 0.313 e. The Morgan fingerprint density at radius 3 is 2.70 bits per heavy atom. The van der Waals surface area contributed by atoms with E-state index >= 15 is 0 Å². The van der Waals surface area contributed by atoms with Crippen molar-refractivity contribution in [3.05, 3.63) is 120 Å². The largest absolute Gasteiger partial charge is 0.481 e. The van der Waals surface area contributed by atoms with Gasteiger partial charge in [0.15, 0.2) is 0 Å². The SMILES string of the molecule is CCCCc1nc2ccc(Br)cc2c(=O)n1N=Cc1cc(Cl)c(OCc2cccc3ccccc23)c([N+](=O)[O-])c1. The molecule has 0 saturated carbocycles. The molecule has 0 radical (unpaired) electrons. The average Bonchev–Trinajstić information content (AvgIpc) is 2.95. The average molecular weight is 620 g/mol. The van der Waals surface area contributed by atoms with E-state index in [1.165, 1.54) is 23.0 Å². The van der Waals surface area contributed by atoms with Crippen LogP contribution in [-0.2, 0) is 13.0 Å². The van der Waals surface area contributed by atoms with Gasteiger partial charge in [0, 0.05) is 22.5 Å². The van der Waals surface area contributed by atoms with Gasteiger partial charge in [0.25, 0.3) is 5.56 Å². The highest BCUT2D eigenvalue weighted by Crippen LogP contribution is 2.37. The summed E-state index contributed by atoms with van der Waals surface area (Å²) in [6.45, 7) is 2.15. The van der Waals surface area contributed by atoms with Crippen LogP contribution in [0.4, 0.5) is 5.69 Å². The molecule has 0 unspecified atom stereocenters. The highest BCUT2D eigenvalue weighted by molar-refractivity contribution is 9.10. The van der Waals surface area contributed by atoms with Crippen molar-refractivity contribution < 1.29 is 9.66 Å². The van der Waals surface area contributed by atoms with E-state index in [4.69, 9.17) is 16.3 Å². The third kappa shape index (κ3) is 5.76. The number of unbranched alkanes of at least 4 members (excludes halogenated alkanes) is 1.